The molecule has 0 fully saturated rings. The monoisotopic (exact) mass is 365 g/mol. The number of carbonyl (C=O) groups excluding carboxylic acids is 1. The Morgan fingerprint density at radius 1 is 0.929 bits per heavy atom. The van der Waals surface area contributed by atoms with Crippen LogP contribution in [-0.4, -0.2) is 17.1 Å². The molecule has 0 aliphatic rings. The third kappa shape index (κ3) is 3.81. The highest BCUT2D eigenvalue weighted by Gasteiger charge is 2.13. The molecule has 0 aliphatic heterocycles. The van der Waals surface area contributed by atoms with Gasteiger partial charge in [-0.05, 0) is 24.6 Å². The van der Waals surface area contributed by atoms with E-state index in [-0.39, 0.29) is 5.91 Å². The van der Waals surface area contributed by atoms with Gasteiger partial charge in [-0.1, -0.05) is 78.4 Å². The van der Waals surface area contributed by atoms with Gasteiger partial charge in [0.1, 0.15) is 0 Å². The molecule has 1 N–H and O–H groups in total. The fourth-order valence-corrected chi connectivity index (χ4v) is 3.00. The zero-order valence-corrected chi connectivity index (χ0v) is 15.5. The lowest BCUT2D eigenvalue weighted by Crippen LogP contribution is -2.18. The Morgan fingerprint density at radius 2 is 1.64 bits per heavy atom. The van der Waals surface area contributed by atoms with E-state index in [1.165, 1.54) is 5.56 Å². The van der Waals surface area contributed by atoms with Crippen molar-refractivity contribution in [1.29, 1.82) is 0 Å². The molecule has 3 aromatic carbocycles. The van der Waals surface area contributed by atoms with Crippen molar-refractivity contribution in [2.24, 2.45) is 5.10 Å². The van der Waals surface area contributed by atoms with Crippen LogP contribution in [0.3, 0.4) is 0 Å². The maximum atomic E-state index is 12.8. The van der Waals surface area contributed by atoms with Crippen LogP contribution < -0.4 is 5.43 Å². The predicted octanol–water partition coefficient (Wildman–Crippen LogP) is 4.97. The second kappa shape index (κ2) is 7.84. The average molecular weight is 365 g/mol. The Bertz CT molecular complexity index is 1150. The van der Waals surface area contributed by atoms with Crippen LogP contribution in [-0.2, 0) is 0 Å². The van der Waals surface area contributed by atoms with E-state index in [0.717, 1.165) is 27.7 Å². The van der Waals surface area contributed by atoms with Crippen LogP contribution >= 0.6 is 0 Å². The van der Waals surface area contributed by atoms with Crippen molar-refractivity contribution >= 4 is 23.0 Å². The number of fused-ring (bicyclic) bond motifs is 1. The maximum Gasteiger partial charge on any atom is 0.272 e. The number of aryl methyl sites for hydroxylation is 1. The first-order valence-electron chi connectivity index (χ1n) is 9.06. The number of pyridine rings is 1. The van der Waals surface area contributed by atoms with E-state index in [0.29, 0.717) is 5.56 Å². The molecular weight excluding hydrogens is 346 g/mol. The van der Waals surface area contributed by atoms with E-state index >= 15 is 0 Å². The van der Waals surface area contributed by atoms with Crippen molar-refractivity contribution in [2.45, 2.75) is 6.92 Å². The number of aromatic nitrogens is 1. The molecule has 0 atom stereocenters. The largest absolute Gasteiger partial charge is 0.272 e. The van der Waals surface area contributed by atoms with E-state index in [1.54, 1.807) is 6.21 Å². The number of nitrogens with one attached hydrogen (secondary N) is 1. The van der Waals surface area contributed by atoms with Crippen LogP contribution in [0.25, 0.3) is 22.2 Å². The molecule has 4 nitrogen and oxygen atoms in total. The lowest BCUT2D eigenvalue weighted by atomic mass is 10.0. The van der Waals surface area contributed by atoms with Gasteiger partial charge in [0.05, 0.1) is 23.0 Å². The zero-order valence-electron chi connectivity index (χ0n) is 15.5. The minimum Gasteiger partial charge on any atom is -0.267 e. The number of benzene rings is 3. The number of hydrogen-bond donors (Lipinski definition) is 1. The first kappa shape index (κ1) is 17.6. The molecule has 4 rings (SSSR count). The van der Waals surface area contributed by atoms with Gasteiger partial charge in [0.25, 0.3) is 5.91 Å². The van der Waals surface area contributed by atoms with Crippen molar-refractivity contribution in [3.8, 4) is 11.3 Å². The summed E-state index contributed by atoms with van der Waals surface area (Å²) in [7, 11) is 0. The molecule has 28 heavy (non-hydrogen) atoms. The van der Waals surface area contributed by atoms with Gasteiger partial charge in [-0.3, -0.25) is 4.79 Å². The number of rotatable bonds is 4. The summed E-state index contributed by atoms with van der Waals surface area (Å²) in [6, 6.07) is 27.2. The summed E-state index contributed by atoms with van der Waals surface area (Å²) in [4.78, 5) is 17.5. The standard InChI is InChI=1S/C24H19N3O/c1-17-11-13-18(14-12-17)16-25-27-24(28)21-15-23(19-7-3-2-4-8-19)26-22-10-6-5-9-20(21)22/h2-16H,1H3,(H,27,28). The van der Waals surface area contributed by atoms with Gasteiger partial charge >= 0.3 is 0 Å². The average Bonchev–Trinajstić information content (AvgIpc) is 2.75. The summed E-state index contributed by atoms with van der Waals surface area (Å²) < 4.78 is 0. The molecule has 0 saturated heterocycles. The van der Waals surface area contributed by atoms with Gasteiger partial charge < -0.3 is 0 Å². The molecule has 0 saturated carbocycles. The molecule has 0 unspecified atom stereocenters. The molecule has 136 valence electrons. The first-order chi connectivity index (χ1) is 13.7. The number of carbonyl (C=O) groups is 1. The lowest BCUT2D eigenvalue weighted by molar-refractivity contribution is 0.0956. The summed E-state index contributed by atoms with van der Waals surface area (Å²) >= 11 is 0. The van der Waals surface area contributed by atoms with E-state index in [9.17, 15) is 4.79 Å². The highest BCUT2D eigenvalue weighted by molar-refractivity contribution is 6.07. The minimum atomic E-state index is -0.265. The van der Waals surface area contributed by atoms with Gasteiger partial charge in [-0.25, -0.2) is 10.4 Å². The number of hydrogen-bond acceptors (Lipinski definition) is 3. The number of amides is 1. The molecule has 1 amide bonds. The van der Waals surface area contributed by atoms with Crippen LogP contribution in [0.4, 0.5) is 0 Å². The Morgan fingerprint density at radius 3 is 2.43 bits per heavy atom. The van der Waals surface area contributed by atoms with Crippen molar-refractivity contribution in [1.82, 2.24) is 10.4 Å². The van der Waals surface area contributed by atoms with Gasteiger partial charge in [-0.2, -0.15) is 5.10 Å². The first-order valence-corrected chi connectivity index (χ1v) is 9.06. The van der Waals surface area contributed by atoms with E-state index in [1.807, 2.05) is 91.9 Å². The summed E-state index contributed by atoms with van der Waals surface area (Å²) in [5, 5.41) is 4.91. The van der Waals surface area contributed by atoms with Gasteiger partial charge in [0.2, 0.25) is 0 Å². The Balaban J connectivity index is 1.66. The van der Waals surface area contributed by atoms with Gasteiger partial charge in [-0.15, -0.1) is 0 Å². The van der Waals surface area contributed by atoms with E-state index < -0.39 is 0 Å². The SMILES string of the molecule is Cc1ccc(C=NNC(=O)c2cc(-c3ccccc3)nc3ccccc23)cc1. The summed E-state index contributed by atoms with van der Waals surface area (Å²) in [6.07, 6.45) is 1.64. The lowest BCUT2D eigenvalue weighted by Gasteiger charge is -2.09. The third-order valence-electron chi connectivity index (χ3n) is 4.49. The maximum absolute atomic E-state index is 12.8. The topological polar surface area (TPSA) is 54.4 Å². The highest BCUT2D eigenvalue weighted by Crippen LogP contribution is 2.24. The third-order valence-corrected chi connectivity index (χ3v) is 4.49. The van der Waals surface area contributed by atoms with Crippen LogP contribution in [0.5, 0.6) is 0 Å². The molecule has 0 spiro atoms. The molecule has 1 aromatic heterocycles. The molecule has 0 aliphatic carbocycles. The molecule has 4 heteroatoms. The van der Waals surface area contributed by atoms with Crippen LogP contribution in [0.2, 0.25) is 0 Å². The molecule has 4 aromatic rings. The number of nitrogens with zero attached hydrogens (tertiary/aromatic N) is 2. The Hall–Kier alpha value is -3.79. The van der Waals surface area contributed by atoms with Crippen LogP contribution in [0, 0.1) is 6.92 Å². The van der Waals surface area contributed by atoms with E-state index in [4.69, 9.17) is 4.98 Å². The Kier molecular flexibility index (Phi) is 4.93. The zero-order chi connectivity index (χ0) is 19.3. The minimum absolute atomic E-state index is 0.265. The van der Waals surface area contributed by atoms with Crippen molar-refractivity contribution < 1.29 is 4.79 Å². The fourth-order valence-electron chi connectivity index (χ4n) is 3.00. The van der Waals surface area contributed by atoms with Crippen molar-refractivity contribution in [2.75, 3.05) is 0 Å². The fraction of sp³-hybridized carbons (Fsp3) is 0.0417. The van der Waals surface area contributed by atoms with Crippen LogP contribution in [0.15, 0.2) is 90.0 Å². The second-order valence-electron chi connectivity index (χ2n) is 6.55. The molecule has 1 heterocycles. The molecular formula is C24H19N3O. The predicted molar refractivity (Wildman–Crippen MR) is 113 cm³/mol. The van der Waals surface area contributed by atoms with Gasteiger partial charge in [0.15, 0.2) is 0 Å². The van der Waals surface area contributed by atoms with Gasteiger partial charge in [0, 0.05) is 10.9 Å². The molecule has 0 radical (unpaired) electrons. The van der Waals surface area contributed by atoms with Crippen molar-refractivity contribution in [3.05, 3.63) is 102 Å². The highest BCUT2D eigenvalue weighted by atomic mass is 16.2. The van der Waals surface area contributed by atoms with Crippen molar-refractivity contribution in [3.63, 3.8) is 0 Å². The Labute approximate surface area is 163 Å². The summed E-state index contributed by atoms with van der Waals surface area (Å²) in [5.41, 5.74) is 7.78. The summed E-state index contributed by atoms with van der Waals surface area (Å²) in [6.45, 7) is 2.03. The molecule has 0 bridgehead atoms. The smallest absolute Gasteiger partial charge is 0.267 e. The normalized spacial score (nSPS) is 11.0. The quantitative estimate of drug-likeness (QED) is 0.410. The summed E-state index contributed by atoms with van der Waals surface area (Å²) in [5.74, 6) is -0.265. The second-order valence-corrected chi connectivity index (χ2v) is 6.55. The number of para-hydroxylation sites is 1. The van der Waals surface area contributed by atoms with E-state index in [2.05, 4.69) is 10.5 Å². The number of hydrazone groups is 1. The van der Waals surface area contributed by atoms with Crippen LogP contribution in [0.1, 0.15) is 21.5 Å².